The summed E-state index contributed by atoms with van der Waals surface area (Å²) in [5, 5.41) is 0. The van der Waals surface area contributed by atoms with Crippen molar-refractivity contribution in [3.63, 3.8) is 0 Å². The number of allylic oxidation sites excluding steroid dienone is 2. The standard InChI is InChI=1S/C16H14FNO2/c1-8-6-11(4-5-12(8)17)18-15(19)13-9-2-3-10(7-9)14(13)16(18)20/h2-6,9-10,13-14H,7H2,1H3/t9-,10+,13-,14+. The van der Waals surface area contributed by atoms with Crippen LogP contribution in [0.2, 0.25) is 0 Å². The van der Waals surface area contributed by atoms with Crippen molar-refractivity contribution in [3.8, 4) is 0 Å². The average molecular weight is 271 g/mol. The van der Waals surface area contributed by atoms with E-state index in [9.17, 15) is 14.0 Å². The monoisotopic (exact) mass is 271 g/mol. The van der Waals surface area contributed by atoms with Gasteiger partial charge in [-0.1, -0.05) is 12.2 Å². The van der Waals surface area contributed by atoms with Crippen LogP contribution in [0.25, 0.3) is 0 Å². The summed E-state index contributed by atoms with van der Waals surface area (Å²) in [5.74, 6) is -0.577. The normalized spacial score (nSPS) is 34.2. The second kappa shape index (κ2) is 3.78. The first kappa shape index (κ1) is 11.8. The van der Waals surface area contributed by atoms with E-state index >= 15 is 0 Å². The number of anilines is 1. The topological polar surface area (TPSA) is 37.4 Å². The van der Waals surface area contributed by atoms with Crippen molar-refractivity contribution in [1.29, 1.82) is 0 Å². The molecule has 0 spiro atoms. The number of hydrogen-bond donors (Lipinski definition) is 0. The fourth-order valence-electron chi connectivity index (χ4n) is 3.92. The highest BCUT2D eigenvalue weighted by atomic mass is 19.1. The Labute approximate surface area is 116 Å². The third kappa shape index (κ3) is 1.34. The van der Waals surface area contributed by atoms with Gasteiger partial charge in [-0.05, 0) is 48.9 Å². The van der Waals surface area contributed by atoms with E-state index in [0.29, 0.717) is 11.3 Å². The molecule has 4 heteroatoms. The molecular weight excluding hydrogens is 257 g/mol. The van der Waals surface area contributed by atoms with Crippen LogP contribution in [0.15, 0.2) is 30.4 Å². The first-order chi connectivity index (χ1) is 9.58. The average Bonchev–Trinajstić information content (AvgIpc) is 3.08. The molecule has 3 aliphatic rings. The fourth-order valence-corrected chi connectivity index (χ4v) is 3.92. The van der Waals surface area contributed by atoms with Crippen LogP contribution in [0, 0.1) is 36.4 Å². The van der Waals surface area contributed by atoms with E-state index < -0.39 is 0 Å². The maximum absolute atomic E-state index is 13.3. The Kier molecular flexibility index (Phi) is 2.23. The molecule has 2 bridgehead atoms. The predicted molar refractivity (Wildman–Crippen MR) is 71.3 cm³/mol. The summed E-state index contributed by atoms with van der Waals surface area (Å²) < 4.78 is 13.3. The molecule has 4 rings (SSSR count). The van der Waals surface area contributed by atoms with Gasteiger partial charge in [-0.3, -0.25) is 14.5 Å². The van der Waals surface area contributed by atoms with Gasteiger partial charge in [0, 0.05) is 0 Å². The number of carbonyl (C=O) groups excluding carboxylic acids is 2. The minimum absolute atomic E-state index is 0.122. The van der Waals surface area contributed by atoms with Gasteiger partial charge in [-0.2, -0.15) is 0 Å². The number of halogens is 1. The first-order valence-corrected chi connectivity index (χ1v) is 6.90. The molecule has 0 N–H and O–H groups in total. The van der Waals surface area contributed by atoms with E-state index in [1.807, 2.05) is 0 Å². The Morgan fingerprint density at radius 3 is 2.25 bits per heavy atom. The molecule has 0 radical (unpaired) electrons. The number of carbonyl (C=O) groups is 2. The molecule has 0 unspecified atom stereocenters. The highest BCUT2D eigenvalue weighted by Gasteiger charge is 2.59. The van der Waals surface area contributed by atoms with Crippen LogP contribution in [0.5, 0.6) is 0 Å². The van der Waals surface area contributed by atoms with Crippen LogP contribution < -0.4 is 4.90 Å². The van der Waals surface area contributed by atoms with Gasteiger partial charge in [0.2, 0.25) is 11.8 Å². The molecule has 1 aromatic rings. The summed E-state index contributed by atoms with van der Waals surface area (Å²) in [6.45, 7) is 1.63. The quantitative estimate of drug-likeness (QED) is 0.581. The lowest BCUT2D eigenvalue weighted by molar-refractivity contribution is -0.123. The van der Waals surface area contributed by atoms with Crippen LogP contribution >= 0.6 is 0 Å². The molecule has 2 aliphatic carbocycles. The van der Waals surface area contributed by atoms with Crippen LogP contribution in [0.3, 0.4) is 0 Å². The van der Waals surface area contributed by atoms with Crippen molar-refractivity contribution < 1.29 is 14.0 Å². The summed E-state index contributed by atoms with van der Waals surface area (Å²) >= 11 is 0. The second-order valence-electron chi connectivity index (χ2n) is 5.95. The SMILES string of the molecule is Cc1cc(N2C(=O)[C@@H]3[C@H](C2=O)[C@@H]2C=C[C@H]3C2)ccc1F. The number of hydrogen-bond acceptors (Lipinski definition) is 2. The van der Waals surface area contributed by atoms with E-state index in [2.05, 4.69) is 12.2 Å². The Morgan fingerprint density at radius 1 is 1.10 bits per heavy atom. The Morgan fingerprint density at radius 2 is 1.70 bits per heavy atom. The highest BCUT2D eigenvalue weighted by Crippen LogP contribution is 2.53. The van der Waals surface area contributed by atoms with Gasteiger partial charge in [0.1, 0.15) is 5.82 Å². The van der Waals surface area contributed by atoms with Crippen molar-refractivity contribution in [2.24, 2.45) is 23.7 Å². The van der Waals surface area contributed by atoms with Gasteiger partial charge in [0.05, 0.1) is 17.5 Å². The molecule has 1 aliphatic heterocycles. The molecule has 2 fully saturated rings. The zero-order valence-electron chi connectivity index (χ0n) is 11.0. The molecule has 1 heterocycles. The lowest BCUT2D eigenvalue weighted by atomic mass is 9.85. The lowest BCUT2D eigenvalue weighted by Crippen LogP contribution is -2.32. The molecule has 1 aromatic carbocycles. The molecule has 2 amide bonds. The smallest absolute Gasteiger partial charge is 0.238 e. The Bertz CT molecular complexity index is 636. The van der Waals surface area contributed by atoms with Crippen LogP contribution in [-0.2, 0) is 9.59 Å². The number of aryl methyl sites for hydroxylation is 1. The summed E-state index contributed by atoms with van der Waals surface area (Å²) in [5.41, 5.74) is 0.939. The third-order valence-corrected chi connectivity index (χ3v) is 4.87. The van der Waals surface area contributed by atoms with Crippen molar-refractivity contribution >= 4 is 17.5 Å². The Balaban J connectivity index is 1.76. The summed E-state index contributed by atoms with van der Waals surface area (Å²) in [7, 11) is 0. The van der Waals surface area contributed by atoms with Crippen molar-refractivity contribution in [2.75, 3.05) is 4.90 Å². The number of nitrogens with zero attached hydrogens (tertiary/aromatic N) is 1. The highest BCUT2D eigenvalue weighted by molar-refractivity contribution is 6.22. The summed E-state index contributed by atoms with van der Waals surface area (Å²) in [4.78, 5) is 26.4. The second-order valence-corrected chi connectivity index (χ2v) is 5.95. The summed E-state index contributed by atoms with van der Waals surface area (Å²) in [6, 6.07) is 4.39. The lowest BCUT2D eigenvalue weighted by Gasteiger charge is -2.17. The fraction of sp³-hybridized carbons (Fsp3) is 0.375. The molecule has 3 nitrogen and oxygen atoms in total. The molecule has 0 aromatic heterocycles. The van der Waals surface area contributed by atoms with E-state index in [1.54, 1.807) is 13.0 Å². The molecular formula is C16H14FNO2. The number of imide groups is 1. The van der Waals surface area contributed by atoms with Crippen molar-refractivity contribution in [1.82, 2.24) is 0 Å². The van der Waals surface area contributed by atoms with Crippen molar-refractivity contribution in [3.05, 3.63) is 41.7 Å². The molecule has 4 atom stereocenters. The zero-order chi connectivity index (χ0) is 14.0. The molecule has 20 heavy (non-hydrogen) atoms. The number of fused-ring (bicyclic) bond motifs is 5. The maximum Gasteiger partial charge on any atom is 0.238 e. The van der Waals surface area contributed by atoms with Crippen molar-refractivity contribution in [2.45, 2.75) is 13.3 Å². The molecule has 1 saturated carbocycles. The van der Waals surface area contributed by atoms with Gasteiger partial charge in [-0.15, -0.1) is 0 Å². The molecule has 102 valence electrons. The Hall–Kier alpha value is -1.97. The van der Waals surface area contributed by atoms with Crippen LogP contribution in [0.4, 0.5) is 10.1 Å². The van der Waals surface area contributed by atoms with Gasteiger partial charge in [-0.25, -0.2) is 4.39 Å². The zero-order valence-corrected chi connectivity index (χ0v) is 11.0. The number of benzene rings is 1. The van der Waals surface area contributed by atoms with Gasteiger partial charge in [0.25, 0.3) is 0 Å². The van der Waals surface area contributed by atoms with Gasteiger partial charge >= 0.3 is 0 Å². The maximum atomic E-state index is 13.3. The van der Waals surface area contributed by atoms with Gasteiger partial charge in [0.15, 0.2) is 0 Å². The minimum atomic E-state index is -0.324. The van der Waals surface area contributed by atoms with E-state index in [0.717, 1.165) is 6.42 Å². The van der Waals surface area contributed by atoms with Crippen LogP contribution in [0.1, 0.15) is 12.0 Å². The third-order valence-electron chi connectivity index (χ3n) is 4.87. The van der Waals surface area contributed by atoms with E-state index in [-0.39, 0.29) is 41.3 Å². The van der Waals surface area contributed by atoms with Gasteiger partial charge < -0.3 is 0 Å². The summed E-state index contributed by atoms with van der Waals surface area (Å²) in [6.07, 6.45) is 5.05. The predicted octanol–water partition coefficient (Wildman–Crippen LogP) is 2.45. The first-order valence-electron chi connectivity index (χ1n) is 6.90. The van der Waals surface area contributed by atoms with E-state index in [4.69, 9.17) is 0 Å². The van der Waals surface area contributed by atoms with E-state index in [1.165, 1.54) is 17.0 Å². The minimum Gasteiger partial charge on any atom is -0.274 e. The van der Waals surface area contributed by atoms with Crippen LogP contribution in [-0.4, -0.2) is 11.8 Å². The largest absolute Gasteiger partial charge is 0.274 e. The molecule has 1 saturated heterocycles. The number of rotatable bonds is 1. The number of amides is 2.